The maximum atomic E-state index is 14.1. The number of amides is 2. The SMILES string of the molecule is CC(C)(C)[C@@H](CO)NC(=O)[NH2+]C1=C(C(=N)c2cc(F)c(F)cc2F)CCCC1. The molecular formula is C20H27F3N3O2+. The third-order valence-corrected chi connectivity index (χ3v) is 4.94. The molecule has 8 heteroatoms. The Morgan fingerprint density at radius 1 is 1.18 bits per heavy atom. The molecule has 1 aliphatic rings. The zero-order valence-corrected chi connectivity index (χ0v) is 16.3. The van der Waals surface area contributed by atoms with Gasteiger partial charge in [0, 0.05) is 23.6 Å². The summed E-state index contributed by atoms with van der Waals surface area (Å²) in [5, 5.41) is 21.9. The van der Waals surface area contributed by atoms with Crippen LogP contribution in [0.25, 0.3) is 0 Å². The van der Waals surface area contributed by atoms with Crippen LogP contribution in [-0.4, -0.2) is 29.5 Å². The van der Waals surface area contributed by atoms with Crippen LogP contribution in [0.15, 0.2) is 23.4 Å². The van der Waals surface area contributed by atoms with Crippen molar-refractivity contribution in [1.82, 2.24) is 5.32 Å². The van der Waals surface area contributed by atoms with Gasteiger partial charge in [0.1, 0.15) is 11.5 Å². The number of nitrogens with two attached hydrogens (primary N) is 1. The summed E-state index contributed by atoms with van der Waals surface area (Å²) < 4.78 is 40.8. The van der Waals surface area contributed by atoms with Crippen molar-refractivity contribution in [3.05, 3.63) is 46.4 Å². The van der Waals surface area contributed by atoms with E-state index in [1.807, 2.05) is 20.8 Å². The van der Waals surface area contributed by atoms with E-state index in [1.165, 1.54) is 5.32 Å². The minimum absolute atomic E-state index is 0.217. The molecule has 2 amide bonds. The maximum absolute atomic E-state index is 14.1. The average molecular weight is 398 g/mol. The highest BCUT2D eigenvalue weighted by atomic mass is 19.2. The molecule has 0 radical (unpaired) electrons. The van der Waals surface area contributed by atoms with Gasteiger partial charge in [-0.3, -0.25) is 10.7 Å². The van der Waals surface area contributed by atoms with E-state index in [1.54, 1.807) is 0 Å². The lowest BCUT2D eigenvalue weighted by Gasteiger charge is -2.29. The fourth-order valence-corrected chi connectivity index (χ4v) is 3.16. The van der Waals surface area contributed by atoms with E-state index in [4.69, 9.17) is 5.41 Å². The summed E-state index contributed by atoms with van der Waals surface area (Å²) >= 11 is 0. The number of hydrogen-bond acceptors (Lipinski definition) is 3. The first kappa shape index (κ1) is 22.1. The van der Waals surface area contributed by atoms with E-state index in [2.05, 4.69) is 5.32 Å². The van der Waals surface area contributed by atoms with Gasteiger partial charge in [-0.1, -0.05) is 20.8 Å². The number of allylic oxidation sites excluding steroid dienone is 2. The molecule has 0 spiro atoms. The summed E-state index contributed by atoms with van der Waals surface area (Å²) in [7, 11) is 0. The van der Waals surface area contributed by atoms with Crippen molar-refractivity contribution in [3.8, 4) is 0 Å². The molecule has 1 atom stereocenters. The van der Waals surface area contributed by atoms with Crippen LogP contribution in [0, 0.1) is 28.3 Å². The second-order valence-electron chi connectivity index (χ2n) is 8.09. The zero-order valence-electron chi connectivity index (χ0n) is 16.3. The molecule has 2 rings (SSSR count). The van der Waals surface area contributed by atoms with Crippen molar-refractivity contribution < 1.29 is 28.4 Å². The fourth-order valence-electron chi connectivity index (χ4n) is 3.16. The lowest BCUT2D eigenvalue weighted by Crippen LogP contribution is -2.90. The monoisotopic (exact) mass is 398 g/mol. The first-order valence-corrected chi connectivity index (χ1v) is 9.26. The highest BCUT2D eigenvalue weighted by Crippen LogP contribution is 2.26. The molecule has 0 heterocycles. The standard InChI is InChI=1S/C20H26F3N3O2/c1-20(2,3)17(10-27)26-19(28)25-16-7-5-4-6-11(16)18(24)12-8-14(22)15(23)9-13(12)21/h8-9,17,24,27H,4-7,10H2,1-3H3,(H2,25,26,28)/p+1/t17-/m1/s1. The number of aliphatic hydroxyl groups is 1. The Kier molecular flexibility index (Phi) is 7.01. The van der Waals surface area contributed by atoms with Gasteiger partial charge in [0.05, 0.1) is 18.4 Å². The smallest absolute Gasteiger partial charge is 0.394 e. The lowest BCUT2D eigenvalue weighted by atomic mass is 9.87. The third kappa shape index (κ3) is 5.20. The fraction of sp³-hybridized carbons (Fsp3) is 0.500. The molecule has 1 aromatic carbocycles. The van der Waals surface area contributed by atoms with E-state index in [0.717, 1.165) is 12.8 Å². The predicted molar refractivity (Wildman–Crippen MR) is 99.4 cm³/mol. The van der Waals surface area contributed by atoms with Crippen LogP contribution in [0.5, 0.6) is 0 Å². The summed E-state index contributed by atoms with van der Waals surface area (Å²) in [4.78, 5) is 12.4. The van der Waals surface area contributed by atoms with Crippen LogP contribution in [0.2, 0.25) is 0 Å². The molecule has 0 saturated carbocycles. The van der Waals surface area contributed by atoms with Gasteiger partial charge in [-0.25, -0.2) is 23.3 Å². The molecule has 154 valence electrons. The number of quaternary nitrogens is 1. The summed E-state index contributed by atoms with van der Waals surface area (Å²) in [5.74, 6) is -3.55. The van der Waals surface area contributed by atoms with Gasteiger partial charge in [-0.05, 0) is 30.7 Å². The third-order valence-electron chi connectivity index (χ3n) is 4.94. The van der Waals surface area contributed by atoms with Crippen LogP contribution in [0.4, 0.5) is 18.0 Å². The van der Waals surface area contributed by atoms with Crippen molar-refractivity contribution in [2.24, 2.45) is 5.41 Å². The summed E-state index contributed by atoms with van der Waals surface area (Å²) in [6.07, 6.45) is 2.52. The van der Waals surface area contributed by atoms with Crippen molar-refractivity contribution >= 4 is 11.7 Å². The van der Waals surface area contributed by atoms with Gasteiger partial charge in [-0.2, -0.15) is 0 Å². The molecule has 0 fully saturated rings. The van der Waals surface area contributed by atoms with E-state index >= 15 is 0 Å². The Bertz CT molecular complexity index is 801. The first-order valence-electron chi connectivity index (χ1n) is 9.26. The molecule has 5 nitrogen and oxygen atoms in total. The van der Waals surface area contributed by atoms with Crippen LogP contribution < -0.4 is 10.6 Å². The molecule has 1 aliphatic carbocycles. The normalized spacial score (nSPS) is 16.1. The number of hydrogen-bond donors (Lipinski definition) is 4. The Morgan fingerprint density at radius 3 is 2.39 bits per heavy atom. The lowest BCUT2D eigenvalue weighted by molar-refractivity contribution is -0.508. The molecule has 5 N–H and O–H groups in total. The van der Waals surface area contributed by atoms with Crippen LogP contribution in [-0.2, 0) is 0 Å². The molecular weight excluding hydrogens is 371 g/mol. The number of carbonyl (C=O) groups excluding carboxylic acids is 1. The maximum Gasteiger partial charge on any atom is 0.418 e. The number of benzene rings is 1. The van der Waals surface area contributed by atoms with E-state index in [-0.39, 0.29) is 23.3 Å². The van der Waals surface area contributed by atoms with Crippen molar-refractivity contribution in [2.75, 3.05) is 6.61 Å². The number of halogens is 3. The molecule has 28 heavy (non-hydrogen) atoms. The molecule has 0 aliphatic heterocycles. The summed E-state index contributed by atoms with van der Waals surface area (Å²) in [6.45, 7) is 5.45. The number of rotatable bonds is 5. The minimum atomic E-state index is -1.31. The van der Waals surface area contributed by atoms with Crippen LogP contribution in [0.3, 0.4) is 0 Å². The summed E-state index contributed by atoms with van der Waals surface area (Å²) in [6, 6.07) is 0.232. The van der Waals surface area contributed by atoms with E-state index in [9.17, 15) is 23.1 Å². The molecule has 0 aromatic heterocycles. The number of aliphatic hydroxyl groups excluding tert-OH is 1. The second kappa shape index (κ2) is 8.87. The highest BCUT2D eigenvalue weighted by Gasteiger charge is 2.29. The van der Waals surface area contributed by atoms with Crippen molar-refractivity contribution in [3.63, 3.8) is 0 Å². The molecule has 1 aromatic rings. The van der Waals surface area contributed by atoms with E-state index < -0.39 is 29.5 Å². The summed E-state index contributed by atoms with van der Waals surface area (Å²) in [5.41, 5.74) is 0.101. The number of urea groups is 1. The Balaban J connectivity index is 2.27. The highest BCUT2D eigenvalue weighted by molar-refractivity contribution is 6.11. The quantitative estimate of drug-likeness (QED) is 0.454. The van der Waals surface area contributed by atoms with Gasteiger partial charge in [-0.15, -0.1) is 0 Å². The predicted octanol–water partition coefficient (Wildman–Crippen LogP) is 2.98. The Labute approximate surface area is 162 Å². The average Bonchev–Trinajstić information content (AvgIpc) is 2.61. The van der Waals surface area contributed by atoms with Gasteiger partial charge in [0.15, 0.2) is 11.6 Å². The van der Waals surface area contributed by atoms with Gasteiger partial charge in [0.25, 0.3) is 0 Å². The largest absolute Gasteiger partial charge is 0.418 e. The van der Waals surface area contributed by atoms with E-state index in [0.29, 0.717) is 36.2 Å². The number of carbonyl (C=O) groups is 1. The number of nitrogens with one attached hydrogen (secondary N) is 2. The van der Waals surface area contributed by atoms with Gasteiger partial charge >= 0.3 is 6.03 Å². The zero-order chi connectivity index (χ0) is 21.1. The van der Waals surface area contributed by atoms with Crippen molar-refractivity contribution in [1.29, 1.82) is 5.41 Å². The molecule has 0 saturated heterocycles. The topological polar surface area (TPSA) is 89.8 Å². The van der Waals surface area contributed by atoms with Gasteiger partial charge < -0.3 is 5.11 Å². The Hall–Kier alpha value is -2.19. The second-order valence-corrected chi connectivity index (χ2v) is 8.09. The first-order chi connectivity index (χ1) is 13.0. The Morgan fingerprint density at radius 2 is 1.79 bits per heavy atom. The molecule has 0 bridgehead atoms. The van der Waals surface area contributed by atoms with Crippen LogP contribution in [0.1, 0.15) is 52.0 Å². The van der Waals surface area contributed by atoms with Crippen molar-refractivity contribution in [2.45, 2.75) is 52.5 Å². The molecule has 0 unspecified atom stereocenters. The van der Waals surface area contributed by atoms with Gasteiger partial charge in [0.2, 0.25) is 0 Å². The minimum Gasteiger partial charge on any atom is -0.394 e. The number of primary amides is 1. The van der Waals surface area contributed by atoms with Crippen LogP contribution >= 0.6 is 0 Å².